The van der Waals surface area contributed by atoms with Gasteiger partial charge in [0.1, 0.15) is 6.04 Å². The number of carbonyl (C=O) groups excluding carboxylic acids is 3. The van der Waals surface area contributed by atoms with Crippen LogP contribution in [-0.4, -0.2) is 40.9 Å². The molecule has 0 aliphatic heterocycles. The molecule has 0 bridgehead atoms. The fraction of sp³-hybridized carbons (Fsp3) is 0.538. The van der Waals surface area contributed by atoms with Crippen molar-refractivity contribution in [2.24, 2.45) is 5.73 Å². The van der Waals surface area contributed by atoms with Gasteiger partial charge in [-0.1, -0.05) is 13.0 Å². The summed E-state index contributed by atoms with van der Waals surface area (Å²) in [6.07, 6.45) is 2.68. The Kier molecular flexibility index (Phi) is 8.43. The van der Waals surface area contributed by atoms with Gasteiger partial charge in [-0.3, -0.25) is 14.4 Å². The Balaban J connectivity index is 4.67. The van der Waals surface area contributed by atoms with Gasteiger partial charge in [-0.25, -0.2) is 4.79 Å². The molecule has 0 radical (unpaired) electrons. The molecule has 0 saturated heterocycles. The Morgan fingerprint density at radius 3 is 2.33 bits per heavy atom. The third kappa shape index (κ3) is 9.20. The molecule has 0 heterocycles. The molecule has 0 unspecified atom stereocenters. The maximum absolute atomic E-state index is 12.0. The van der Waals surface area contributed by atoms with Crippen molar-refractivity contribution in [3.05, 3.63) is 12.2 Å². The minimum absolute atomic E-state index is 0.233. The highest BCUT2D eigenvalue weighted by Gasteiger charge is 2.23. The van der Waals surface area contributed by atoms with E-state index in [0.29, 0.717) is 6.42 Å². The van der Waals surface area contributed by atoms with Crippen molar-refractivity contribution in [1.29, 1.82) is 0 Å². The van der Waals surface area contributed by atoms with Crippen LogP contribution in [0.5, 0.6) is 0 Å². The molecule has 0 aliphatic rings. The summed E-state index contributed by atoms with van der Waals surface area (Å²) in [6, 6.07) is -1.63. The number of nitrogens with one attached hydrogen (secondary N) is 2. The zero-order valence-electron chi connectivity index (χ0n) is 12.1. The lowest BCUT2D eigenvalue weighted by Gasteiger charge is -2.19. The zero-order valence-corrected chi connectivity index (χ0v) is 12.1. The second kappa shape index (κ2) is 9.51. The van der Waals surface area contributed by atoms with Crippen LogP contribution < -0.4 is 16.4 Å². The third-order valence-corrected chi connectivity index (χ3v) is 2.43. The minimum Gasteiger partial charge on any atom is -0.478 e. The molecule has 5 N–H and O–H groups in total. The Labute approximate surface area is 122 Å². The van der Waals surface area contributed by atoms with E-state index < -0.39 is 29.9 Å². The first kappa shape index (κ1) is 18.6. The van der Waals surface area contributed by atoms with Gasteiger partial charge in [0.25, 0.3) is 0 Å². The lowest BCUT2D eigenvalue weighted by molar-refractivity contribution is -0.131. The number of carboxylic acid groups (broad SMARTS) is 1. The predicted octanol–water partition coefficient (Wildman–Crippen LogP) is -0.708. The summed E-state index contributed by atoms with van der Waals surface area (Å²) < 4.78 is 0. The monoisotopic (exact) mass is 299 g/mol. The quantitative estimate of drug-likeness (QED) is 0.417. The molecule has 0 aromatic carbocycles. The molecule has 118 valence electrons. The van der Waals surface area contributed by atoms with Gasteiger partial charge in [0.15, 0.2) is 0 Å². The molecule has 0 aliphatic carbocycles. The minimum atomic E-state index is -1.14. The fourth-order valence-corrected chi connectivity index (χ4v) is 1.50. The number of primary amides is 1. The summed E-state index contributed by atoms with van der Waals surface area (Å²) in [5.41, 5.74) is 5.05. The standard InChI is InChI=1S/C13H21N3O5/c1-3-4-11(18)16-9(7-10(14)17)13(21)15-8(2)5-6-12(19)20/h5-6,8-9H,3-4,7H2,1-2H3,(H2,14,17)(H,15,21)(H,16,18)(H,19,20)/b6-5+/t8-,9+/m0/s1. The van der Waals surface area contributed by atoms with Crippen LogP contribution in [0.3, 0.4) is 0 Å². The van der Waals surface area contributed by atoms with Crippen LogP contribution in [0.1, 0.15) is 33.1 Å². The molecule has 8 heteroatoms. The maximum Gasteiger partial charge on any atom is 0.328 e. The van der Waals surface area contributed by atoms with Crippen molar-refractivity contribution in [3.63, 3.8) is 0 Å². The average Bonchev–Trinajstić information content (AvgIpc) is 2.35. The lowest BCUT2D eigenvalue weighted by atomic mass is 10.1. The van der Waals surface area contributed by atoms with E-state index in [9.17, 15) is 19.2 Å². The molecule has 0 rings (SSSR count). The Morgan fingerprint density at radius 1 is 1.24 bits per heavy atom. The largest absolute Gasteiger partial charge is 0.478 e. The van der Waals surface area contributed by atoms with Gasteiger partial charge in [0.05, 0.1) is 6.42 Å². The van der Waals surface area contributed by atoms with Gasteiger partial charge in [-0.2, -0.15) is 0 Å². The fourth-order valence-electron chi connectivity index (χ4n) is 1.50. The van der Waals surface area contributed by atoms with Gasteiger partial charge in [0, 0.05) is 18.5 Å². The van der Waals surface area contributed by atoms with Crippen molar-refractivity contribution in [2.45, 2.75) is 45.2 Å². The first-order valence-electron chi connectivity index (χ1n) is 6.55. The zero-order chi connectivity index (χ0) is 16.4. The third-order valence-electron chi connectivity index (χ3n) is 2.43. The number of hydrogen-bond donors (Lipinski definition) is 4. The van der Waals surface area contributed by atoms with Crippen LogP contribution in [-0.2, 0) is 19.2 Å². The van der Waals surface area contributed by atoms with E-state index in [2.05, 4.69) is 10.6 Å². The number of amides is 3. The second-order valence-electron chi connectivity index (χ2n) is 4.54. The summed E-state index contributed by atoms with van der Waals surface area (Å²) in [7, 11) is 0. The Bertz CT molecular complexity index is 434. The first-order valence-corrected chi connectivity index (χ1v) is 6.55. The van der Waals surface area contributed by atoms with E-state index in [1.54, 1.807) is 6.92 Å². The predicted molar refractivity (Wildman–Crippen MR) is 75.0 cm³/mol. The highest BCUT2D eigenvalue weighted by Crippen LogP contribution is 1.97. The molecule has 3 amide bonds. The molecule has 0 spiro atoms. The molecule has 0 fully saturated rings. The normalized spacial score (nSPS) is 13.4. The maximum atomic E-state index is 12.0. The van der Waals surface area contributed by atoms with E-state index >= 15 is 0 Å². The van der Waals surface area contributed by atoms with E-state index in [1.165, 1.54) is 6.08 Å². The van der Waals surface area contributed by atoms with E-state index in [0.717, 1.165) is 6.08 Å². The van der Waals surface area contributed by atoms with Gasteiger partial charge >= 0.3 is 5.97 Å². The van der Waals surface area contributed by atoms with Crippen LogP contribution in [0.2, 0.25) is 0 Å². The molecule has 0 saturated carbocycles. The molecule has 0 aromatic rings. The summed E-state index contributed by atoms with van der Waals surface area (Å²) in [5, 5.41) is 13.4. The summed E-state index contributed by atoms with van der Waals surface area (Å²) in [6.45, 7) is 3.37. The van der Waals surface area contributed by atoms with Crippen LogP contribution in [0, 0.1) is 0 Å². The molecule has 21 heavy (non-hydrogen) atoms. The van der Waals surface area contributed by atoms with Crippen molar-refractivity contribution in [1.82, 2.24) is 10.6 Å². The van der Waals surface area contributed by atoms with Crippen molar-refractivity contribution >= 4 is 23.7 Å². The van der Waals surface area contributed by atoms with E-state index in [4.69, 9.17) is 10.8 Å². The molecule has 8 nitrogen and oxygen atoms in total. The second-order valence-corrected chi connectivity index (χ2v) is 4.54. The Hall–Kier alpha value is -2.38. The van der Waals surface area contributed by atoms with Crippen LogP contribution in [0.4, 0.5) is 0 Å². The number of aliphatic carboxylic acids is 1. The van der Waals surface area contributed by atoms with Crippen LogP contribution >= 0.6 is 0 Å². The summed E-state index contributed by atoms with van der Waals surface area (Å²) in [4.78, 5) is 44.8. The highest BCUT2D eigenvalue weighted by atomic mass is 16.4. The van der Waals surface area contributed by atoms with Crippen LogP contribution in [0.15, 0.2) is 12.2 Å². The first-order chi connectivity index (χ1) is 9.76. The SMILES string of the molecule is CCCC(=O)N[C@H](CC(N)=O)C(=O)N[C@@H](C)/C=C/C(=O)O. The molecular formula is C13H21N3O5. The van der Waals surface area contributed by atoms with Crippen molar-refractivity contribution < 1.29 is 24.3 Å². The van der Waals surface area contributed by atoms with E-state index in [-0.39, 0.29) is 18.7 Å². The molecule has 2 atom stereocenters. The summed E-state index contributed by atoms with van der Waals surface area (Å²) >= 11 is 0. The smallest absolute Gasteiger partial charge is 0.328 e. The average molecular weight is 299 g/mol. The highest BCUT2D eigenvalue weighted by molar-refractivity contribution is 5.91. The van der Waals surface area contributed by atoms with Crippen LogP contribution in [0.25, 0.3) is 0 Å². The van der Waals surface area contributed by atoms with Gasteiger partial charge in [-0.15, -0.1) is 0 Å². The molecule has 0 aromatic heterocycles. The number of carboxylic acids is 1. The number of carbonyl (C=O) groups is 4. The Morgan fingerprint density at radius 2 is 1.86 bits per heavy atom. The molecular weight excluding hydrogens is 278 g/mol. The number of nitrogens with two attached hydrogens (primary N) is 1. The van der Waals surface area contributed by atoms with Gasteiger partial charge < -0.3 is 21.5 Å². The summed E-state index contributed by atoms with van der Waals surface area (Å²) in [5.74, 6) is -2.81. The number of rotatable bonds is 9. The van der Waals surface area contributed by atoms with E-state index in [1.807, 2.05) is 6.92 Å². The lowest BCUT2D eigenvalue weighted by Crippen LogP contribution is -2.50. The number of hydrogen-bond acceptors (Lipinski definition) is 4. The van der Waals surface area contributed by atoms with Crippen molar-refractivity contribution in [3.8, 4) is 0 Å². The van der Waals surface area contributed by atoms with Gasteiger partial charge in [-0.05, 0) is 13.3 Å². The van der Waals surface area contributed by atoms with Crippen molar-refractivity contribution in [2.75, 3.05) is 0 Å². The topological polar surface area (TPSA) is 139 Å². The van der Waals surface area contributed by atoms with Gasteiger partial charge in [0.2, 0.25) is 17.7 Å².